The van der Waals surface area contributed by atoms with Crippen LogP contribution < -0.4 is 11.1 Å². The Morgan fingerprint density at radius 2 is 2.09 bits per heavy atom. The van der Waals surface area contributed by atoms with E-state index in [0.717, 1.165) is 31.2 Å². The smallest absolute Gasteiger partial charge is 0.221 e. The Bertz CT molecular complexity index is 521. The van der Waals surface area contributed by atoms with Crippen LogP contribution in [0.2, 0.25) is 0 Å². The van der Waals surface area contributed by atoms with Gasteiger partial charge in [-0.3, -0.25) is 14.4 Å². The number of carbonyl (C=O) groups is 1. The molecule has 0 aromatic carbocycles. The molecule has 1 aromatic rings. The molecule has 2 aliphatic rings. The largest absolute Gasteiger partial charge is 0.350 e. The number of nitrogens with zero attached hydrogens (tertiary/aromatic N) is 3. The molecule has 0 spiro atoms. The van der Waals surface area contributed by atoms with Crippen molar-refractivity contribution >= 4 is 5.91 Å². The molecular formula is C17H29N5O. The van der Waals surface area contributed by atoms with Crippen molar-refractivity contribution in [2.24, 2.45) is 5.73 Å². The second-order valence-electron chi connectivity index (χ2n) is 6.78. The molecule has 0 bridgehead atoms. The van der Waals surface area contributed by atoms with E-state index in [1.807, 2.05) is 0 Å². The van der Waals surface area contributed by atoms with Crippen LogP contribution in [0.15, 0.2) is 6.07 Å². The van der Waals surface area contributed by atoms with Crippen LogP contribution in [-0.4, -0.2) is 39.7 Å². The van der Waals surface area contributed by atoms with Gasteiger partial charge in [0.25, 0.3) is 0 Å². The number of rotatable bonds is 5. The van der Waals surface area contributed by atoms with Gasteiger partial charge in [0.2, 0.25) is 5.91 Å². The Kier molecular flexibility index (Phi) is 5.67. The summed E-state index contributed by atoms with van der Waals surface area (Å²) in [7, 11) is 0. The van der Waals surface area contributed by atoms with E-state index in [0.29, 0.717) is 19.5 Å². The summed E-state index contributed by atoms with van der Waals surface area (Å²) in [6.45, 7) is 4.05. The van der Waals surface area contributed by atoms with Gasteiger partial charge < -0.3 is 11.1 Å². The molecule has 1 saturated carbocycles. The molecule has 1 aliphatic heterocycles. The Balaban J connectivity index is 1.61. The molecule has 0 saturated heterocycles. The van der Waals surface area contributed by atoms with Gasteiger partial charge in [0.15, 0.2) is 0 Å². The van der Waals surface area contributed by atoms with Gasteiger partial charge in [-0.15, -0.1) is 0 Å². The van der Waals surface area contributed by atoms with E-state index in [-0.39, 0.29) is 5.91 Å². The molecule has 3 rings (SSSR count). The lowest BCUT2D eigenvalue weighted by Crippen LogP contribution is -2.36. The van der Waals surface area contributed by atoms with Crippen molar-refractivity contribution in [3.8, 4) is 0 Å². The maximum absolute atomic E-state index is 11.5. The average Bonchev–Trinajstić information content (AvgIpc) is 2.84. The van der Waals surface area contributed by atoms with Crippen LogP contribution in [0.25, 0.3) is 0 Å². The number of nitrogens with two attached hydrogens (primary N) is 1. The van der Waals surface area contributed by atoms with E-state index in [4.69, 9.17) is 5.73 Å². The first-order chi connectivity index (χ1) is 11.3. The first kappa shape index (κ1) is 16.5. The number of carbonyl (C=O) groups excluding carboxylic acids is 1. The molecule has 6 heteroatoms. The van der Waals surface area contributed by atoms with Crippen molar-refractivity contribution in [3.63, 3.8) is 0 Å². The van der Waals surface area contributed by atoms with Crippen molar-refractivity contribution < 1.29 is 4.79 Å². The second kappa shape index (κ2) is 7.93. The highest BCUT2D eigenvalue weighted by atomic mass is 16.1. The predicted molar refractivity (Wildman–Crippen MR) is 89.6 cm³/mol. The molecule has 1 amide bonds. The highest BCUT2D eigenvalue weighted by Gasteiger charge is 2.24. The Hall–Kier alpha value is -1.40. The molecule has 2 heterocycles. The number of hydrogen-bond donors (Lipinski definition) is 2. The van der Waals surface area contributed by atoms with Crippen LogP contribution in [0.5, 0.6) is 0 Å². The van der Waals surface area contributed by atoms with Gasteiger partial charge in [0, 0.05) is 38.6 Å². The van der Waals surface area contributed by atoms with E-state index >= 15 is 0 Å². The van der Waals surface area contributed by atoms with Crippen LogP contribution in [0, 0.1) is 0 Å². The number of nitrogens with one attached hydrogen (secondary N) is 1. The van der Waals surface area contributed by atoms with Crippen LogP contribution in [0.3, 0.4) is 0 Å². The minimum Gasteiger partial charge on any atom is -0.350 e. The van der Waals surface area contributed by atoms with Crippen LogP contribution in [-0.2, 0) is 24.4 Å². The number of amides is 1. The summed E-state index contributed by atoms with van der Waals surface area (Å²) in [4.78, 5) is 14.2. The third-order valence-electron chi connectivity index (χ3n) is 5.02. The zero-order valence-electron chi connectivity index (χ0n) is 14.0. The predicted octanol–water partition coefficient (Wildman–Crippen LogP) is 1.39. The lowest BCUT2D eigenvalue weighted by molar-refractivity contribution is -0.121. The summed E-state index contributed by atoms with van der Waals surface area (Å²) in [5.41, 5.74) is 7.64. The number of aryl methyl sites for hydroxylation is 1. The Morgan fingerprint density at radius 1 is 1.26 bits per heavy atom. The quantitative estimate of drug-likeness (QED) is 0.860. The molecule has 0 atom stereocenters. The third kappa shape index (κ3) is 4.32. The summed E-state index contributed by atoms with van der Waals surface area (Å²) in [6, 6.07) is 2.90. The van der Waals surface area contributed by atoms with E-state index in [1.165, 1.54) is 44.3 Å². The van der Waals surface area contributed by atoms with Crippen molar-refractivity contribution in [1.82, 2.24) is 20.0 Å². The Morgan fingerprint density at radius 3 is 2.87 bits per heavy atom. The molecule has 1 fully saturated rings. The van der Waals surface area contributed by atoms with Gasteiger partial charge in [-0.25, -0.2) is 0 Å². The zero-order valence-corrected chi connectivity index (χ0v) is 14.0. The topological polar surface area (TPSA) is 76.2 Å². The second-order valence-corrected chi connectivity index (χ2v) is 6.78. The van der Waals surface area contributed by atoms with E-state index in [2.05, 4.69) is 26.1 Å². The standard InChI is InChI=1S/C17H29N5O/c18-8-7-17(23)19-12-14-11-16-13-21(9-4-10-22(16)20-14)15-5-2-1-3-6-15/h11,15H,1-10,12-13,18H2,(H,19,23). The molecule has 128 valence electrons. The SMILES string of the molecule is NCCC(=O)NCc1cc2n(n1)CCCN(C1CCCCC1)C2. The summed E-state index contributed by atoms with van der Waals surface area (Å²) in [5, 5.41) is 7.56. The lowest BCUT2D eigenvalue weighted by Gasteiger charge is -2.33. The van der Waals surface area contributed by atoms with Gasteiger partial charge in [0.1, 0.15) is 0 Å². The van der Waals surface area contributed by atoms with Gasteiger partial charge in [-0.05, 0) is 25.3 Å². The van der Waals surface area contributed by atoms with Gasteiger partial charge in [0.05, 0.1) is 17.9 Å². The average molecular weight is 319 g/mol. The number of fused-ring (bicyclic) bond motifs is 1. The van der Waals surface area contributed by atoms with Gasteiger partial charge >= 0.3 is 0 Å². The summed E-state index contributed by atoms with van der Waals surface area (Å²) < 4.78 is 2.13. The molecule has 3 N–H and O–H groups in total. The molecule has 1 aromatic heterocycles. The zero-order chi connectivity index (χ0) is 16.1. The first-order valence-electron chi connectivity index (χ1n) is 9.02. The molecule has 1 aliphatic carbocycles. The summed E-state index contributed by atoms with van der Waals surface area (Å²) >= 11 is 0. The van der Waals surface area contributed by atoms with E-state index < -0.39 is 0 Å². The fourth-order valence-electron chi connectivity index (χ4n) is 3.80. The van der Waals surface area contributed by atoms with Crippen molar-refractivity contribution in [2.45, 2.75) is 70.6 Å². The summed E-state index contributed by atoms with van der Waals surface area (Å²) in [6.07, 6.45) is 8.37. The highest BCUT2D eigenvalue weighted by Crippen LogP contribution is 2.25. The number of aromatic nitrogens is 2. The fraction of sp³-hybridized carbons (Fsp3) is 0.765. The molecule has 0 unspecified atom stereocenters. The fourth-order valence-corrected chi connectivity index (χ4v) is 3.80. The normalized spacial score (nSPS) is 20.0. The first-order valence-corrected chi connectivity index (χ1v) is 9.02. The minimum absolute atomic E-state index is 0.000439. The lowest BCUT2D eigenvalue weighted by atomic mass is 9.94. The van der Waals surface area contributed by atoms with Gasteiger partial charge in [-0.2, -0.15) is 5.10 Å². The summed E-state index contributed by atoms with van der Waals surface area (Å²) in [5.74, 6) is -0.000439. The van der Waals surface area contributed by atoms with Crippen molar-refractivity contribution in [2.75, 3.05) is 13.1 Å². The van der Waals surface area contributed by atoms with Crippen LogP contribution >= 0.6 is 0 Å². The molecule has 23 heavy (non-hydrogen) atoms. The Labute approximate surface area is 138 Å². The number of hydrogen-bond acceptors (Lipinski definition) is 4. The van der Waals surface area contributed by atoms with Crippen molar-refractivity contribution in [3.05, 3.63) is 17.5 Å². The third-order valence-corrected chi connectivity index (χ3v) is 5.02. The van der Waals surface area contributed by atoms with Crippen molar-refractivity contribution in [1.29, 1.82) is 0 Å². The monoisotopic (exact) mass is 319 g/mol. The van der Waals surface area contributed by atoms with E-state index in [9.17, 15) is 4.79 Å². The van der Waals surface area contributed by atoms with Crippen LogP contribution in [0.4, 0.5) is 0 Å². The van der Waals surface area contributed by atoms with Gasteiger partial charge in [-0.1, -0.05) is 19.3 Å². The van der Waals surface area contributed by atoms with Crippen LogP contribution in [0.1, 0.15) is 56.3 Å². The van der Waals surface area contributed by atoms with E-state index in [1.54, 1.807) is 0 Å². The highest BCUT2D eigenvalue weighted by molar-refractivity contribution is 5.75. The minimum atomic E-state index is -0.000439. The molecule has 6 nitrogen and oxygen atoms in total. The maximum atomic E-state index is 11.5. The molecule has 0 radical (unpaired) electrons. The molecular weight excluding hydrogens is 290 g/mol. The maximum Gasteiger partial charge on any atom is 0.221 e.